The topological polar surface area (TPSA) is 80.5 Å². The standard InChI is InChI=1S/C10H15N5/c1-3-4-6(2)9-14-7-8(11)12-5-13-10(7)15-9/h5-6H,3-4H2,1-2H3,(H3,11,12,13,14,15). The number of nitrogens with one attached hydrogen (secondary N) is 1. The first kappa shape index (κ1) is 9.89. The molecule has 5 nitrogen and oxygen atoms in total. The molecule has 0 aromatic carbocycles. The molecular formula is C10H15N5. The predicted molar refractivity (Wildman–Crippen MR) is 59.4 cm³/mol. The molecular weight excluding hydrogens is 190 g/mol. The lowest BCUT2D eigenvalue weighted by Gasteiger charge is -2.04. The van der Waals surface area contributed by atoms with E-state index in [0.29, 0.717) is 17.4 Å². The van der Waals surface area contributed by atoms with Crippen molar-refractivity contribution in [3.05, 3.63) is 12.2 Å². The molecule has 0 bridgehead atoms. The monoisotopic (exact) mass is 205 g/mol. The number of fused-ring (bicyclic) bond motifs is 1. The number of anilines is 1. The SMILES string of the molecule is CCCC(C)c1nc2ncnc(N)c2[nH]1. The van der Waals surface area contributed by atoms with Gasteiger partial charge in [-0.05, 0) is 6.42 Å². The zero-order chi connectivity index (χ0) is 10.8. The Morgan fingerprint density at radius 3 is 2.93 bits per heavy atom. The van der Waals surface area contributed by atoms with Crippen LogP contribution in [0, 0.1) is 0 Å². The number of H-pyrrole nitrogens is 1. The minimum Gasteiger partial charge on any atom is -0.382 e. The fraction of sp³-hybridized carbons (Fsp3) is 0.500. The summed E-state index contributed by atoms with van der Waals surface area (Å²) in [5, 5.41) is 0. The van der Waals surface area contributed by atoms with E-state index in [1.807, 2.05) is 0 Å². The van der Waals surface area contributed by atoms with Crippen molar-refractivity contribution in [2.75, 3.05) is 5.73 Å². The van der Waals surface area contributed by atoms with Gasteiger partial charge in [0, 0.05) is 5.92 Å². The molecule has 15 heavy (non-hydrogen) atoms. The highest BCUT2D eigenvalue weighted by Crippen LogP contribution is 2.21. The van der Waals surface area contributed by atoms with Gasteiger partial charge in [-0.1, -0.05) is 20.3 Å². The Balaban J connectivity index is 2.43. The summed E-state index contributed by atoms with van der Waals surface area (Å²) in [5.74, 6) is 1.81. The Morgan fingerprint density at radius 1 is 1.47 bits per heavy atom. The minimum atomic E-state index is 0.406. The maximum Gasteiger partial charge on any atom is 0.183 e. The second-order valence-corrected chi connectivity index (χ2v) is 3.77. The van der Waals surface area contributed by atoms with Gasteiger partial charge in [0.1, 0.15) is 17.7 Å². The highest BCUT2D eigenvalue weighted by Gasteiger charge is 2.12. The third-order valence-electron chi connectivity index (χ3n) is 2.52. The summed E-state index contributed by atoms with van der Waals surface area (Å²) in [4.78, 5) is 15.6. The van der Waals surface area contributed by atoms with Gasteiger partial charge in [0.25, 0.3) is 0 Å². The van der Waals surface area contributed by atoms with Crippen LogP contribution < -0.4 is 5.73 Å². The van der Waals surface area contributed by atoms with Crippen LogP contribution >= 0.6 is 0 Å². The second kappa shape index (κ2) is 3.84. The summed E-state index contributed by atoms with van der Waals surface area (Å²) < 4.78 is 0. The van der Waals surface area contributed by atoms with E-state index in [-0.39, 0.29) is 0 Å². The molecule has 80 valence electrons. The van der Waals surface area contributed by atoms with Gasteiger partial charge in [0.15, 0.2) is 11.5 Å². The van der Waals surface area contributed by atoms with E-state index in [4.69, 9.17) is 5.73 Å². The van der Waals surface area contributed by atoms with Crippen LogP contribution in [-0.2, 0) is 0 Å². The van der Waals surface area contributed by atoms with Crippen molar-refractivity contribution in [2.45, 2.75) is 32.6 Å². The average molecular weight is 205 g/mol. The van der Waals surface area contributed by atoms with Crippen molar-refractivity contribution >= 4 is 17.0 Å². The smallest absolute Gasteiger partial charge is 0.183 e. The summed E-state index contributed by atoms with van der Waals surface area (Å²) in [7, 11) is 0. The third-order valence-corrected chi connectivity index (χ3v) is 2.52. The van der Waals surface area contributed by atoms with Crippen LogP contribution in [0.3, 0.4) is 0 Å². The summed E-state index contributed by atoms with van der Waals surface area (Å²) in [6.07, 6.45) is 3.68. The van der Waals surface area contributed by atoms with Crippen LogP contribution in [0.1, 0.15) is 38.4 Å². The quantitative estimate of drug-likeness (QED) is 0.801. The fourth-order valence-electron chi connectivity index (χ4n) is 1.67. The van der Waals surface area contributed by atoms with Crippen LogP contribution in [-0.4, -0.2) is 19.9 Å². The molecule has 0 amide bonds. The Bertz CT molecular complexity index is 462. The molecule has 1 atom stereocenters. The number of nitrogens with zero attached hydrogens (tertiary/aromatic N) is 3. The molecule has 0 aliphatic rings. The molecule has 5 heteroatoms. The number of aromatic nitrogens is 4. The van der Waals surface area contributed by atoms with Crippen molar-refractivity contribution in [3.63, 3.8) is 0 Å². The lowest BCUT2D eigenvalue weighted by atomic mass is 10.1. The molecule has 0 aliphatic carbocycles. The molecule has 0 saturated carbocycles. The predicted octanol–water partition coefficient (Wildman–Crippen LogP) is 1.84. The summed E-state index contributed by atoms with van der Waals surface area (Å²) in [6, 6.07) is 0. The normalized spacial score (nSPS) is 13.2. The Labute approximate surface area is 88.1 Å². The largest absolute Gasteiger partial charge is 0.382 e. The summed E-state index contributed by atoms with van der Waals surface area (Å²) in [6.45, 7) is 4.30. The summed E-state index contributed by atoms with van der Waals surface area (Å²) in [5.41, 5.74) is 7.12. The average Bonchev–Trinajstić information content (AvgIpc) is 2.63. The van der Waals surface area contributed by atoms with E-state index in [0.717, 1.165) is 24.2 Å². The molecule has 2 aromatic heterocycles. The van der Waals surface area contributed by atoms with Gasteiger partial charge in [-0.3, -0.25) is 0 Å². The third kappa shape index (κ3) is 1.77. The number of nitrogens with two attached hydrogens (primary N) is 1. The zero-order valence-corrected chi connectivity index (χ0v) is 8.99. The molecule has 1 unspecified atom stereocenters. The van der Waals surface area contributed by atoms with Crippen LogP contribution in [0.5, 0.6) is 0 Å². The molecule has 0 fully saturated rings. The van der Waals surface area contributed by atoms with Gasteiger partial charge >= 0.3 is 0 Å². The Hall–Kier alpha value is -1.65. The highest BCUT2D eigenvalue weighted by atomic mass is 15.0. The van der Waals surface area contributed by atoms with E-state index in [1.165, 1.54) is 6.33 Å². The van der Waals surface area contributed by atoms with Gasteiger partial charge in [-0.25, -0.2) is 15.0 Å². The van der Waals surface area contributed by atoms with Gasteiger partial charge in [-0.2, -0.15) is 0 Å². The highest BCUT2D eigenvalue weighted by molar-refractivity contribution is 5.81. The molecule has 2 aromatic rings. The fourth-order valence-corrected chi connectivity index (χ4v) is 1.67. The molecule has 0 spiro atoms. The number of rotatable bonds is 3. The minimum absolute atomic E-state index is 0.406. The van der Waals surface area contributed by atoms with Gasteiger partial charge < -0.3 is 10.7 Å². The molecule has 0 aliphatic heterocycles. The maximum atomic E-state index is 5.72. The van der Waals surface area contributed by atoms with Crippen LogP contribution in [0.25, 0.3) is 11.2 Å². The van der Waals surface area contributed by atoms with Gasteiger partial charge in [0.2, 0.25) is 0 Å². The molecule has 0 radical (unpaired) electrons. The maximum absolute atomic E-state index is 5.72. The Kier molecular flexibility index (Phi) is 2.53. The molecule has 2 rings (SSSR count). The van der Waals surface area contributed by atoms with E-state index in [2.05, 4.69) is 33.8 Å². The van der Waals surface area contributed by atoms with Crippen molar-refractivity contribution in [2.24, 2.45) is 0 Å². The van der Waals surface area contributed by atoms with E-state index >= 15 is 0 Å². The van der Waals surface area contributed by atoms with E-state index in [9.17, 15) is 0 Å². The number of hydrogen-bond donors (Lipinski definition) is 2. The summed E-state index contributed by atoms with van der Waals surface area (Å²) >= 11 is 0. The zero-order valence-electron chi connectivity index (χ0n) is 8.99. The van der Waals surface area contributed by atoms with E-state index < -0.39 is 0 Å². The van der Waals surface area contributed by atoms with Crippen molar-refractivity contribution in [1.29, 1.82) is 0 Å². The molecule has 0 saturated heterocycles. The first-order valence-corrected chi connectivity index (χ1v) is 5.18. The molecule has 2 heterocycles. The van der Waals surface area contributed by atoms with Crippen molar-refractivity contribution < 1.29 is 0 Å². The van der Waals surface area contributed by atoms with Gasteiger partial charge in [-0.15, -0.1) is 0 Å². The van der Waals surface area contributed by atoms with Crippen LogP contribution in [0.15, 0.2) is 6.33 Å². The first-order chi connectivity index (χ1) is 7.22. The number of nitrogen functional groups attached to an aromatic ring is 1. The number of aromatic amines is 1. The first-order valence-electron chi connectivity index (χ1n) is 5.18. The second-order valence-electron chi connectivity index (χ2n) is 3.77. The van der Waals surface area contributed by atoms with Crippen molar-refractivity contribution in [3.8, 4) is 0 Å². The molecule has 3 N–H and O–H groups in total. The van der Waals surface area contributed by atoms with Crippen molar-refractivity contribution in [1.82, 2.24) is 19.9 Å². The lowest BCUT2D eigenvalue weighted by Crippen LogP contribution is -1.95. The number of hydrogen-bond acceptors (Lipinski definition) is 4. The lowest BCUT2D eigenvalue weighted by molar-refractivity contribution is 0.635. The van der Waals surface area contributed by atoms with E-state index in [1.54, 1.807) is 0 Å². The van der Waals surface area contributed by atoms with Crippen LogP contribution in [0.2, 0.25) is 0 Å². The van der Waals surface area contributed by atoms with Crippen LogP contribution in [0.4, 0.5) is 5.82 Å². The number of imidazole rings is 1. The Morgan fingerprint density at radius 2 is 2.27 bits per heavy atom. The van der Waals surface area contributed by atoms with Gasteiger partial charge in [0.05, 0.1) is 0 Å².